The van der Waals surface area contributed by atoms with Crippen LogP contribution in [-0.4, -0.2) is 46.8 Å². The van der Waals surface area contributed by atoms with Crippen molar-refractivity contribution in [2.24, 2.45) is 0 Å². The third kappa shape index (κ3) is 1.44. The minimum atomic E-state index is -0.994. The molecule has 1 heterocycles. The molecule has 0 saturated carbocycles. The molecule has 0 bridgehead atoms. The zero-order valence-electron chi connectivity index (χ0n) is 5.40. The van der Waals surface area contributed by atoms with E-state index in [2.05, 4.69) is 5.48 Å². The monoisotopic (exact) mass is 149 g/mol. The molecule has 0 aromatic carbocycles. The van der Waals surface area contributed by atoms with Gasteiger partial charge in [-0.3, -0.25) is 4.84 Å². The molecule has 0 aliphatic carbocycles. The molecule has 0 spiro atoms. The zero-order chi connectivity index (χ0) is 7.56. The van der Waals surface area contributed by atoms with Crippen LogP contribution in [-0.2, 0) is 4.84 Å². The summed E-state index contributed by atoms with van der Waals surface area (Å²) < 4.78 is 0. The number of hydrogen-bond donors (Lipinski definition) is 4. The average Bonchev–Trinajstić information content (AvgIpc) is 1.95. The van der Waals surface area contributed by atoms with Crippen molar-refractivity contribution in [1.29, 1.82) is 0 Å². The summed E-state index contributed by atoms with van der Waals surface area (Å²) in [6, 6.07) is 0. The number of nitrogens with one attached hydrogen (secondary N) is 1. The summed E-state index contributed by atoms with van der Waals surface area (Å²) >= 11 is 0. The van der Waals surface area contributed by atoms with E-state index < -0.39 is 18.3 Å². The first-order chi connectivity index (χ1) is 4.75. The summed E-state index contributed by atoms with van der Waals surface area (Å²) in [4.78, 5) is 4.70. The van der Waals surface area contributed by atoms with Gasteiger partial charge in [-0.2, -0.15) is 5.48 Å². The lowest BCUT2D eigenvalue weighted by Gasteiger charge is -2.30. The highest BCUT2D eigenvalue weighted by atomic mass is 16.7. The Hall–Kier alpha value is -0.200. The standard InChI is InChI=1S/C5H11NO4/c7-2-4-5(9)3(8)1-6-10-4/h3-9H,1-2H2/t3-,4?,5+/m1/s1. The molecule has 1 rings (SSSR count). The van der Waals surface area contributed by atoms with Crippen LogP contribution >= 0.6 is 0 Å². The van der Waals surface area contributed by atoms with Gasteiger partial charge in [-0.1, -0.05) is 0 Å². The molecular weight excluding hydrogens is 138 g/mol. The number of aliphatic hydroxyl groups is 3. The van der Waals surface area contributed by atoms with Crippen LogP contribution in [0.5, 0.6) is 0 Å². The van der Waals surface area contributed by atoms with Crippen LogP contribution in [0.4, 0.5) is 0 Å². The molecular formula is C5H11NO4. The molecule has 0 radical (unpaired) electrons. The highest BCUT2D eigenvalue weighted by Crippen LogP contribution is 2.06. The van der Waals surface area contributed by atoms with Gasteiger partial charge in [0.05, 0.1) is 12.7 Å². The van der Waals surface area contributed by atoms with Crippen LogP contribution in [0.2, 0.25) is 0 Å². The molecule has 1 fully saturated rings. The second-order valence-electron chi connectivity index (χ2n) is 2.25. The average molecular weight is 149 g/mol. The third-order valence-electron chi connectivity index (χ3n) is 1.48. The van der Waals surface area contributed by atoms with Crippen LogP contribution in [0.1, 0.15) is 0 Å². The molecule has 10 heavy (non-hydrogen) atoms. The van der Waals surface area contributed by atoms with Crippen molar-refractivity contribution in [3.05, 3.63) is 0 Å². The Morgan fingerprint density at radius 3 is 2.70 bits per heavy atom. The molecule has 0 aromatic heterocycles. The second kappa shape index (κ2) is 3.27. The summed E-state index contributed by atoms with van der Waals surface area (Å²) in [7, 11) is 0. The Balaban J connectivity index is 2.42. The second-order valence-corrected chi connectivity index (χ2v) is 2.25. The Morgan fingerprint density at radius 1 is 1.50 bits per heavy atom. The van der Waals surface area contributed by atoms with Crippen molar-refractivity contribution in [2.45, 2.75) is 18.3 Å². The SMILES string of the molecule is OCC1ONC[C@@H](O)[C@@H]1O. The molecule has 0 aromatic rings. The van der Waals surface area contributed by atoms with E-state index in [1.807, 2.05) is 0 Å². The predicted octanol–water partition coefficient (Wildman–Crippen LogP) is -2.40. The van der Waals surface area contributed by atoms with Gasteiger partial charge >= 0.3 is 0 Å². The summed E-state index contributed by atoms with van der Waals surface area (Å²) in [6.07, 6.45) is -2.57. The Bertz CT molecular complexity index is 110. The van der Waals surface area contributed by atoms with Gasteiger partial charge in [0.2, 0.25) is 0 Å². The van der Waals surface area contributed by atoms with Gasteiger partial charge in [0.1, 0.15) is 12.2 Å². The van der Waals surface area contributed by atoms with Crippen molar-refractivity contribution in [3.8, 4) is 0 Å². The molecule has 1 aliphatic rings. The fourth-order valence-corrected chi connectivity index (χ4v) is 0.824. The fraction of sp³-hybridized carbons (Fsp3) is 1.00. The molecule has 60 valence electrons. The lowest BCUT2D eigenvalue weighted by Crippen LogP contribution is -2.53. The first-order valence-corrected chi connectivity index (χ1v) is 3.11. The maximum Gasteiger partial charge on any atom is 0.130 e. The van der Waals surface area contributed by atoms with E-state index in [-0.39, 0.29) is 13.2 Å². The van der Waals surface area contributed by atoms with Crippen molar-refractivity contribution >= 4 is 0 Å². The number of aliphatic hydroxyl groups excluding tert-OH is 3. The van der Waals surface area contributed by atoms with Crippen LogP contribution in [0.15, 0.2) is 0 Å². The minimum absolute atomic E-state index is 0.192. The highest BCUT2D eigenvalue weighted by Gasteiger charge is 2.30. The Kier molecular flexibility index (Phi) is 2.58. The topological polar surface area (TPSA) is 82.0 Å². The van der Waals surface area contributed by atoms with Crippen LogP contribution in [0, 0.1) is 0 Å². The number of rotatable bonds is 1. The van der Waals surface area contributed by atoms with Crippen LogP contribution < -0.4 is 5.48 Å². The van der Waals surface area contributed by atoms with E-state index in [1.165, 1.54) is 0 Å². The van der Waals surface area contributed by atoms with Crippen molar-refractivity contribution < 1.29 is 20.2 Å². The molecule has 4 N–H and O–H groups in total. The van der Waals surface area contributed by atoms with E-state index in [1.54, 1.807) is 0 Å². The van der Waals surface area contributed by atoms with Gasteiger partial charge in [0, 0.05) is 6.54 Å². The van der Waals surface area contributed by atoms with Gasteiger partial charge in [0.25, 0.3) is 0 Å². The Morgan fingerprint density at radius 2 is 2.20 bits per heavy atom. The zero-order valence-corrected chi connectivity index (χ0v) is 5.40. The maximum absolute atomic E-state index is 9.06. The number of β-amino-alcohol motifs (C(OH)–C–C–N with tert-alkyl or cyclic N) is 1. The van der Waals surface area contributed by atoms with Gasteiger partial charge in [0.15, 0.2) is 0 Å². The van der Waals surface area contributed by atoms with E-state index in [4.69, 9.17) is 20.2 Å². The van der Waals surface area contributed by atoms with E-state index in [0.29, 0.717) is 0 Å². The molecule has 3 atom stereocenters. The van der Waals surface area contributed by atoms with Crippen LogP contribution in [0.3, 0.4) is 0 Å². The van der Waals surface area contributed by atoms with Crippen LogP contribution in [0.25, 0.3) is 0 Å². The first kappa shape index (κ1) is 7.90. The van der Waals surface area contributed by atoms with E-state index in [9.17, 15) is 0 Å². The summed E-state index contributed by atoms with van der Waals surface area (Å²) in [5, 5.41) is 26.6. The number of hydrogen-bond acceptors (Lipinski definition) is 5. The summed E-state index contributed by atoms with van der Waals surface area (Å²) in [6.45, 7) is -0.108. The normalized spacial score (nSPS) is 41.7. The fourth-order valence-electron chi connectivity index (χ4n) is 0.824. The molecule has 1 unspecified atom stereocenters. The molecule has 5 heteroatoms. The highest BCUT2D eigenvalue weighted by molar-refractivity contribution is 4.79. The molecule has 1 saturated heterocycles. The number of hydroxylamine groups is 1. The molecule has 5 nitrogen and oxygen atoms in total. The maximum atomic E-state index is 9.06. The van der Waals surface area contributed by atoms with Gasteiger partial charge in [-0.25, -0.2) is 0 Å². The van der Waals surface area contributed by atoms with Crippen molar-refractivity contribution in [2.75, 3.05) is 13.2 Å². The van der Waals surface area contributed by atoms with Gasteiger partial charge in [-0.15, -0.1) is 0 Å². The van der Waals surface area contributed by atoms with Gasteiger partial charge < -0.3 is 15.3 Å². The lowest BCUT2D eigenvalue weighted by molar-refractivity contribution is -0.180. The first-order valence-electron chi connectivity index (χ1n) is 3.11. The third-order valence-corrected chi connectivity index (χ3v) is 1.48. The largest absolute Gasteiger partial charge is 0.393 e. The van der Waals surface area contributed by atoms with Gasteiger partial charge in [-0.05, 0) is 0 Å². The molecule has 1 aliphatic heterocycles. The summed E-state index contributed by atoms with van der Waals surface area (Å²) in [5.41, 5.74) is 2.40. The van der Waals surface area contributed by atoms with Crippen molar-refractivity contribution in [3.63, 3.8) is 0 Å². The van der Waals surface area contributed by atoms with E-state index >= 15 is 0 Å². The van der Waals surface area contributed by atoms with E-state index in [0.717, 1.165) is 0 Å². The predicted molar refractivity (Wildman–Crippen MR) is 32.0 cm³/mol. The minimum Gasteiger partial charge on any atom is -0.393 e. The van der Waals surface area contributed by atoms with Crippen molar-refractivity contribution in [1.82, 2.24) is 5.48 Å². The lowest BCUT2D eigenvalue weighted by atomic mass is 10.1. The molecule has 0 amide bonds. The Labute approximate surface area is 58.2 Å². The summed E-state index contributed by atoms with van der Waals surface area (Å²) in [5.74, 6) is 0. The quantitative estimate of drug-likeness (QED) is 0.334. The smallest absolute Gasteiger partial charge is 0.130 e.